The molecule has 55 heavy (non-hydrogen) atoms. The predicted octanol–water partition coefficient (Wildman–Crippen LogP) is 14.6. The first-order valence-electron chi connectivity index (χ1n) is 18.7. The van der Waals surface area contributed by atoms with Crippen LogP contribution in [-0.2, 0) is 0 Å². The third-order valence-electron chi connectivity index (χ3n) is 11.1. The van der Waals surface area contributed by atoms with Gasteiger partial charge in [-0.25, -0.2) is 0 Å². The van der Waals surface area contributed by atoms with E-state index in [1.54, 1.807) is 6.26 Å². The summed E-state index contributed by atoms with van der Waals surface area (Å²) in [6.45, 7) is 0. The maximum Gasteiger partial charge on any atom is 0.134 e. The number of anilines is 3. The fraction of sp³-hybridized carbons (Fsp3) is 0. The summed E-state index contributed by atoms with van der Waals surface area (Å²) in [5, 5.41) is 8.52. The second kappa shape index (κ2) is 12.6. The van der Waals surface area contributed by atoms with E-state index in [4.69, 9.17) is 4.42 Å². The van der Waals surface area contributed by atoms with Crippen LogP contribution in [0, 0.1) is 0 Å². The van der Waals surface area contributed by atoms with Crippen molar-refractivity contribution in [1.29, 1.82) is 0 Å². The molecule has 0 radical (unpaired) electrons. The maximum atomic E-state index is 5.73. The van der Waals surface area contributed by atoms with E-state index in [9.17, 15) is 0 Å². The lowest BCUT2D eigenvalue weighted by Gasteiger charge is -2.28. The molecule has 0 fully saturated rings. The standard InChI is InChI=1S/C52H34N2O/c1-2-12-40(13-3-1)54-48-19-9-8-17-47(48)52-44(18-10-20-49(52)54)36-25-29-42(30-26-36)53(50-33-39-11-4-5-14-43(39)45-15-6-7-16-46(45)50)41-27-23-35(24-28-41)38-22-21-37-31-32-55-51(37)34-38/h1-34H. The fourth-order valence-corrected chi connectivity index (χ4v) is 8.49. The Kier molecular flexibility index (Phi) is 7.17. The Morgan fingerprint density at radius 3 is 1.84 bits per heavy atom. The minimum atomic E-state index is 0.895. The predicted molar refractivity (Wildman–Crippen MR) is 231 cm³/mol. The largest absolute Gasteiger partial charge is 0.464 e. The van der Waals surface area contributed by atoms with Crippen molar-refractivity contribution in [2.24, 2.45) is 0 Å². The Bertz CT molecular complexity index is 3190. The van der Waals surface area contributed by atoms with Gasteiger partial charge >= 0.3 is 0 Å². The first kappa shape index (κ1) is 31.2. The third kappa shape index (κ3) is 5.13. The highest BCUT2D eigenvalue weighted by Crippen LogP contribution is 2.44. The molecule has 0 spiro atoms. The lowest BCUT2D eigenvalue weighted by Crippen LogP contribution is -2.10. The molecule has 0 aliphatic carbocycles. The van der Waals surface area contributed by atoms with Crippen LogP contribution in [0.25, 0.3) is 82.3 Å². The zero-order valence-electron chi connectivity index (χ0n) is 29.9. The summed E-state index contributed by atoms with van der Waals surface area (Å²) in [6.07, 6.45) is 1.75. The molecule has 0 aliphatic heterocycles. The highest BCUT2D eigenvalue weighted by atomic mass is 16.3. The molecular formula is C52H34N2O. The van der Waals surface area contributed by atoms with Crippen molar-refractivity contribution >= 4 is 71.4 Å². The summed E-state index contributed by atoms with van der Waals surface area (Å²) in [5.74, 6) is 0. The molecule has 0 bridgehead atoms. The van der Waals surface area contributed by atoms with Crippen LogP contribution in [0.3, 0.4) is 0 Å². The molecule has 3 nitrogen and oxygen atoms in total. The van der Waals surface area contributed by atoms with Gasteiger partial charge in [0.05, 0.1) is 23.0 Å². The van der Waals surface area contributed by atoms with E-state index in [1.807, 2.05) is 6.07 Å². The molecule has 0 amide bonds. The number of para-hydroxylation sites is 2. The minimum Gasteiger partial charge on any atom is -0.464 e. The summed E-state index contributed by atoms with van der Waals surface area (Å²) in [6, 6.07) is 72.3. The molecule has 11 aromatic rings. The van der Waals surface area contributed by atoms with Gasteiger partial charge in [-0.05, 0) is 105 Å². The van der Waals surface area contributed by atoms with E-state index < -0.39 is 0 Å². The van der Waals surface area contributed by atoms with E-state index >= 15 is 0 Å². The smallest absolute Gasteiger partial charge is 0.134 e. The Balaban J connectivity index is 1.08. The van der Waals surface area contributed by atoms with Gasteiger partial charge in [-0.2, -0.15) is 0 Å². The molecule has 3 heteroatoms. The quantitative estimate of drug-likeness (QED) is 0.161. The molecule has 9 aromatic carbocycles. The van der Waals surface area contributed by atoms with Gasteiger partial charge in [0.1, 0.15) is 5.58 Å². The van der Waals surface area contributed by atoms with Crippen LogP contribution in [0.5, 0.6) is 0 Å². The van der Waals surface area contributed by atoms with Crippen molar-refractivity contribution in [3.63, 3.8) is 0 Å². The second-order valence-electron chi connectivity index (χ2n) is 14.2. The van der Waals surface area contributed by atoms with E-state index in [0.717, 1.165) is 44.8 Å². The molecule has 0 N–H and O–H groups in total. The zero-order valence-corrected chi connectivity index (χ0v) is 29.9. The first-order valence-corrected chi connectivity index (χ1v) is 18.7. The van der Waals surface area contributed by atoms with Crippen LogP contribution in [0.1, 0.15) is 0 Å². The molecule has 0 atom stereocenters. The molecule has 0 saturated heterocycles. The molecule has 2 aromatic heterocycles. The van der Waals surface area contributed by atoms with Gasteiger partial charge in [0, 0.05) is 38.6 Å². The highest BCUT2D eigenvalue weighted by Gasteiger charge is 2.20. The number of aromatic nitrogens is 1. The SMILES string of the molecule is c1ccc(-n2c3ccccc3c3c(-c4ccc(N(c5ccc(-c6ccc7ccoc7c6)cc5)c5cc6ccccc6c6ccccc56)cc4)cccc32)cc1. The third-order valence-corrected chi connectivity index (χ3v) is 11.1. The normalized spacial score (nSPS) is 11.6. The van der Waals surface area contributed by atoms with Gasteiger partial charge in [0.25, 0.3) is 0 Å². The van der Waals surface area contributed by atoms with Gasteiger partial charge in [-0.3, -0.25) is 0 Å². The molecule has 0 aliphatic rings. The number of rotatable bonds is 6. The summed E-state index contributed by atoms with van der Waals surface area (Å²) in [7, 11) is 0. The van der Waals surface area contributed by atoms with E-state index in [0.29, 0.717) is 0 Å². The molecular weight excluding hydrogens is 669 g/mol. The summed E-state index contributed by atoms with van der Waals surface area (Å²) in [4.78, 5) is 2.40. The van der Waals surface area contributed by atoms with Crippen molar-refractivity contribution in [3.05, 3.63) is 206 Å². The lowest BCUT2D eigenvalue weighted by atomic mass is 9.97. The number of benzene rings is 9. The van der Waals surface area contributed by atoms with E-state index in [1.165, 1.54) is 54.5 Å². The van der Waals surface area contributed by atoms with Crippen LogP contribution < -0.4 is 4.90 Å². The Hall–Kier alpha value is -7.36. The van der Waals surface area contributed by atoms with Crippen LogP contribution >= 0.6 is 0 Å². The zero-order chi connectivity index (χ0) is 36.3. The van der Waals surface area contributed by atoms with Gasteiger partial charge < -0.3 is 13.9 Å². The Labute approximate surface area is 318 Å². The Morgan fingerprint density at radius 1 is 0.400 bits per heavy atom. The highest BCUT2D eigenvalue weighted by molar-refractivity contribution is 6.16. The number of hydrogen-bond acceptors (Lipinski definition) is 2. The van der Waals surface area contributed by atoms with Crippen molar-refractivity contribution in [2.75, 3.05) is 4.90 Å². The number of fused-ring (bicyclic) bond motifs is 7. The van der Waals surface area contributed by atoms with Crippen LogP contribution in [0.15, 0.2) is 211 Å². The average molecular weight is 703 g/mol. The van der Waals surface area contributed by atoms with E-state index in [2.05, 4.69) is 204 Å². The lowest BCUT2D eigenvalue weighted by molar-refractivity contribution is 0.616. The molecule has 0 saturated carbocycles. The van der Waals surface area contributed by atoms with Crippen molar-refractivity contribution in [3.8, 4) is 27.9 Å². The Morgan fingerprint density at radius 2 is 1.04 bits per heavy atom. The molecule has 11 rings (SSSR count). The van der Waals surface area contributed by atoms with Gasteiger partial charge in [-0.1, -0.05) is 133 Å². The van der Waals surface area contributed by atoms with Crippen LogP contribution in [0.4, 0.5) is 17.1 Å². The summed E-state index contributed by atoms with van der Waals surface area (Å²) >= 11 is 0. The monoisotopic (exact) mass is 702 g/mol. The minimum absolute atomic E-state index is 0.895. The number of furan rings is 1. The van der Waals surface area contributed by atoms with Gasteiger partial charge in [0.15, 0.2) is 0 Å². The summed E-state index contributed by atoms with van der Waals surface area (Å²) in [5.41, 5.74) is 12.4. The topological polar surface area (TPSA) is 21.3 Å². The van der Waals surface area contributed by atoms with Crippen molar-refractivity contribution < 1.29 is 4.42 Å². The molecule has 258 valence electrons. The van der Waals surface area contributed by atoms with Crippen molar-refractivity contribution in [1.82, 2.24) is 4.57 Å². The van der Waals surface area contributed by atoms with Gasteiger partial charge in [0.2, 0.25) is 0 Å². The average Bonchev–Trinajstić information content (AvgIpc) is 3.87. The number of nitrogens with zero attached hydrogens (tertiary/aromatic N) is 2. The van der Waals surface area contributed by atoms with E-state index in [-0.39, 0.29) is 0 Å². The molecule has 2 heterocycles. The molecule has 0 unspecified atom stereocenters. The fourth-order valence-electron chi connectivity index (χ4n) is 8.49. The van der Waals surface area contributed by atoms with Gasteiger partial charge in [-0.15, -0.1) is 0 Å². The first-order chi connectivity index (χ1) is 27.3. The van der Waals surface area contributed by atoms with Crippen LogP contribution in [-0.4, -0.2) is 4.57 Å². The van der Waals surface area contributed by atoms with Crippen LogP contribution in [0.2, 0.25) is 0 Å². The maximum absolute atomic E-state index is 5.73. The number of hydrogen-bond donors (Lipinski definition) is 0. The second-order valence-corrected chi connectivity index (χ2v) is 14.2. The van der Waals surface area contributed by atoms with Crippen molar-refractivity contribution in [2.45, 2.75) is 0 Å². The summed E-state index contributed by atoms with van der Waals surface area (Å²) < 4.78 is 8.11.